The van der Waals surface area contributed by atoms with Crippen molar-refractivity contribution in [3.8, 4) is 0 Å². The normalized spacial score (nSPS) is 17.4. The number of hydrogen-bond donors (Lipinski definition) is 1. The van der Waals surface area contributed by atoms with Gasteiger partial charge in [-0.1, -0.05) is 43.9 Å². The third-order valence-electron chi connectivity index (χ3n) is 3.58. The minimum Gasteiger partial charge on any atom is -0.313 e. The SMILES string of the molecule is CCNC(CSc1cccc(Cl)c1)CC1CCC1. The fourth-order valence-electron chi connectivity index (χ4n) is 2.38. The van der Waals surface area contributed by atoms with Gasteiger partial charge in [0.15, 0.2) is 0 Å². The minimum absolute atomic E-state index is 0.643. The highest BCUT2D eigenvalue weighted by Crippen LogP contribution is 2.32. The topological polar surface area (TPSA) is 12.0 Å². The Labute approximate surface area is 120 Å². The van der Waals surface area contributed by atoms with Crippen LogP contribution in [0.5, 0.6) is 0 Å². The number of nitrogens with one attached hydrogen (secondary N) is 1. The Morgan fingerprint density at radius 1 is 1.44 bits per heavy atom. The molecule has 0 heterocycles. The van der Waals surface area contributed by atoms with Crippen molar-refractivity contribution in [2.75, 3.05) is 12.3 Å². The van der Waals surface area contributed by atoms with Crippen molar-refractivity contribution in [2.24, 2.45) is 5.92 Å². The van der Waals surface area contributed by atoms with Crippen LogP contribution in [0.2, 0.25) is 5.02 Å². The van der Waals surface area contributed by atoms with Crippen molar-refractivity contribution in [1.82, 2.24) is 5.32 Å². The summed E-state index contributed by atoms with van der Waals surface area (Å²) >= 11 is 7.92. The van der Waals surface area contributed by atoms with E-state index in [2.05, 4.69) is 24.4 Å². The molecule has 2 rings (SSSR count). The van der Waals surface area contributed by atoms with E-state index in [0.29, 0.717) is 6.04 Å². The van der Waals surface area contributed by atoms with Gasteiger partial charge in [0.2, 0.25) is 0 Å². The molecule has 0 saturated heterocycles. The van der Waals surface area contributed by atoms with E-state index in [0.717, 1.165) is 23.2 Å². The number of benzene rings is 1. The second kappa shape index (κ2) is 7.42. The maximum Gasteiger partial charge on any atom is 0.0417 e. The molecule has 1 unspecified atom stereocenters. The molecule has 1 atom stereocenters. The summed E-state index contributed by atoms with van der Waals surface area (Å²) in [6.07, 6.45) is 5.64. The van der Waals surface area contributed by atoms with E-state index in [1.807, 2.05) is 23.9 Å². The van der Waals surface area contributed by atoms with E-state index >= 15 is 0 Å². The third kappa shape index (κ3) is 4.49. The van der Waals surface area contributed by atoms with Gasteiger partial charge in [0.1, 0.15) is 0 Å². The van der Waals surface area contributed by atoms with Crippen LogP contribution in [0.4, 0.5) is 0 Å². The second-order valence-corrected chi connectivity index (χ2v) is 6.59. The van der Waals surface area contributed by atoms with Crippen molar-refractivity contribution in [1.29, 1.82) is 0 Å². The average molecular weight is 284 g/mol. The lowest BCUT2D eigenvalue weighted by atomic mass is 9.81. The largest absolute Gasteiger partial charge is 0.313 e. The smallest absolute Gasteiger partial charge is 0.0417 e. The second-order valence-electron chi connectivity index (χ2n) is 5.06. The van der Waals surface area contributed by atoms with Crippen molar-refractivity contribution in [2.45, 2.75) is 43.5 Å². The summed E-state index contributed by atoms with van der Waals surface area (Å²) < 4.78 is 0. The number of halogens is 1. The molecule has 0 spiro atoms. The Morgan fingerprint density at radius 3 is 2.89 bits per heavy atom. The summed E-state index contributed by atoms with van der Waals surface area (Å²) in [4.78, 5) is 1.28. The Kier molecular flexibility index (Phi) is 5.87. The fourth-order valence-corrected chi connectivity index (χ4v) is 3.67. The Morgan fingerprint density at radius 2 is 2.28 bits per heavy atom. The molecule has 0 radical (unpaired) electrons. The molecule has 1 fully saturated rings. The first-order valence-corrected chi connectivity index (χ1v) is 8.26. The molecule has 1 aromatic rings. The predicted octanol–water partition coefficient (Wildman–Crippen LogP) is 4.60. The van der Waals surface area contributed by atoms with Gasteiger partial charge < -0.3 is 5.32 Å². The molecule has 18 heavy (non-hydrogen) atoms. The Balaban J connectivity index is 1.80. The van der Waals surface area contributed by atoms with Gasteiger partial charge in [-0.25, -0.2) is 0 Å². The summed E-state index contributed by atoms with van der Waals surface area (Å²) in [6, 6.07) is 8.80. The first kappa shape index (κ1) is 14.2. The molecule has 1 aromatic carbocycles. The predicted molar refractivity (Wildman–Crippen MR) is 81.6 cm³/mol. The molecular formula is C15H22ClNS. The van der Waals surface area contributed by atoms with Crippen LogP contribution in [-0.4, -0.2) is 18.3 Å². The molecule has 1 aliphatic rings. The van der Waals surface area contributed by atoms with Crippen molar-refractivity contribution >= 4 is 23.4 Å². The fraction of sp³-hybridized carbons (Fsp3) is 0.600. The van der Waals surface area contributed by atoms with Crippen LogP contribution < -0.4 is 5.32 Å². The van der Waals surface area contributed by atoms with Gasteiger partial charge in [-0.3, -0.25) is 0 Å². The zero-order valence-corrected chi connectivity index (χ0v) is 12.6. The summed E-state index contributed by atoms with van der Waals surface area (Å²) in [5.74, 6) is 2.11. The molecule has 0 aliphatic heterocycles. The van der Waals surface area contributed by atoms with E-state index in [9.17, 15) is 0 Å². The van der Waals surface area contributed by atoms with Crippen LogP contribution in [0.1, 0.15) is 32.6 Å². The van der Waals surface area contributed by atoms with Crippen LogP contribution in [-0.2, 0) is 0 Å². The summed E-state index contributed by atoms with van der Waals surface area (Å²) in [7, 11) is 0. The average Bonchev–Trinajstić information content (AvgIpc) is 2.30. The highest BCUT2D eigenvalue weighted by Gasteiger charge is 2.21. The summed E-state index contributed by atoms with van der Waals surface area (Å²) in [6.45, 7) is 3.26. The van der Waals surface area contributed by atoms with Crippen LogP contribution >= 0.6 is 23.4 Å². The number of hydrogen-bond acceptors (Lipinski definition) is 2. The first-order valence-electron chi connectivity index (χ1n) is 6.89. The maximum atomic E-state index is 6.01. The zero-order chi connectivity index (χ0) is 12.8. The zero-order valence-electron chi connectivity index (χ0n) is 11.0. The number of thioether (sulfide) groups is 1. The molecule has 1 aliphatic carbocycles. The minimum atomic E-state index is 0.643. The summed E-state index contributed by atoms with van der Waals surface area (Å²) in [5, 5.41) is 4.45. The van der Waals surface area contributed by atoms with Crippen LogP contribution in [0.25, 0.3) is 0 Å². The molecule has 0 bridgehead atoms. The summed E-state index contributed by atoms with van der Waals surface area (Å²) in [5.41, 5.74) is 0. The third-order valence-corrected chi connectivity index (χ3v) is 4.97. The lowest BCUT2D eigenvalue weighted by molar-refractivity contribution is 0.269. The van der Waals surface area contributed by atoms with Gasteiger partial charge in [0.25, 0.3) is 0 Å². The van der Waals surface area contributed by atoms with Crippen LogP contribution in [0.15, 0.2) is 29.2 Å². The molecule has 1 N–H and O–H groups in total. The molecule has 0 amide bonds. The Bertz CT molecular complexity index is 365. The molecule has 1 nitrogen and oxygen atoms in total. The van der Waals surface area contributed by atoms with Crippen molar-refractivity contribution in [3.63, 3.8) is 0 Å². The van der Waals surface area contributed by atoms with E-state index in [-0.39, 0.29) is 0 Å². The molecule has 1 saturated carbocycles. The number of rotatable bonds is 7. The molecular weight excluding hydrogens is 262 g/mol. The Hall–Kier alpha value is -0.180. The van der Waals surface area contributed by atoms with Gasteiger partial charge in [-0.15, -0.1) is 11.8 Å². The molecule has 3 heteroatoms. The lowest BCUT2D eigenvalue weighted by Gasteiger charge is -2.30. The monoisotopic (exact) mass is 283 g/mol. The highest BCUT2D eigenvalue weighted by atomic mass is 35.5. The van der Waals surface area contributed by atoms with Crippen LogP contribution in [0, 0.1) is 5.92 Å². The van der Waals surface area contributed by atoms with Gasteiger partial charge in [-0.05, 0) is 37.1 Å². The molecule has 100 valence electrons. The van der Waals surface area contributed by atoms with Gasteiger partial charge in [0.05, 0.1) is 0 Å². The van der Waals surface area contributed by atoms with Crippen LogP contribution in [0.3, 0.4) is 0 Å². The van der Waals surface area contributed by atoms with Gasteiger partial charge in [0, 0.05) is 21.7 Å². The first-order chi connectivity index (χ1) is 8.78. The van der Waals surface area contributed by atoms with Gasteiger partial charge in [-0.2, -0.15) is 0 Å². The standard InChI is InChI=1S/C15H22ClNS/c1-2-17-14(9-12-5-3-6-12)11-18-15-8-4-7-13(16)10-15/h4,7-8,10,12,14,17H,2-3,5-6,9,11H2,1H3. The van der Waals surface area contributed by atoms with E-state index < -0.39 is 0 Å². The van der Waals surface area contributed by atoms with E-state index in [4.69, 9.17) is 11.6 Å². The highest BCUT2D eigenvalue weighted by molar-refractivity contribution is 7.99. The quantitative estimate of drug-likeness (QED) is 0.734. The van der Waals surface area contributed by atoms with E-state index in [1.54, 1.807) is 0 Å². The van der Waals surface area contributed by atoms with Crippen molar-refractivity contribution in [3.05, 3.63) is 29.3 Å². The van der Waals surface area contributed by atoms with E-state index in [1.165, 1.54) is 30.6 Å². The maximum absolute atomic E-state index is 6.01. The lowest BCUT2D eigenvalue weighted by Crippen LogP contribution is -2.34. The molecule has 0 aromatic heterocycles. The van der Waals surface area contributed by atoms with Crippen molar-refractivity contribution < 1.29 is 0 Å². The van der Waals surface area contributed by atoms with Gasteiger partial charge >= 0.3 is 0 Å².